The van der Waals surface area contributed by atoms with Crippen molar-refractivity contribution in [1.82, 2.24) is 0 Å². The van der Waals surface area contributed by atoms with Gasteiger partial charge >= 0.3 is 0 Å². The molecule has 0 unspecified atom stereocenters. The van der Waals surface area contributed by atoms with Gasteiger partial charge in [-0.3, -0.25) is 0 Å². The maximum absolute atomic E-state index is 6.43. The molecule has 1 nitrogen and oxygen atoms in total. The second kappa shape index (κ2) is 4.57. The van der Waals surface area contributed by atoms with E-state index in [1.807, 2.05) is 0 Å². The minimum Gasteiger partial charge on any atom is -0.363 e. The standard InChI is InChI=1S/C20H20O/c1-20(2)13-18-16-11-7-6-10-15(16)12-17(18)19(21-20)14-8-4-3-5-9-14/h3-11,13,17,19H,12H2,1-2H3/t17-,19+/m1/s1. The van der Waals surface area contributed by atoms with Crippen LogP contribution >= 0.6 is 0 Å². The molecule has 0 aromatic heterocycles. The molecule has 21 heavy (non-hydrogen) atoms. The molecule has 0 bridgehead atoms. The van der Waals surface area contributed by atoms with Crippen LogP contribution in [0.25, 0.3) is 5.57 Å². The lowest BCUT2D eigenvalue weighted by Gasteiger charge is -2.38. The maximum atomic E-state index is 6.43. The number of fused-ring (bicyclic) bond motifs is 3. The summed E-state index contributed by atoms with van der Waals surface area (Å²) in [4.78, 5) is 0. The molecule has 2 aliphatic rings. The van der Waals surface area contributed by atoms with Gasteiger partial charge in [0.25, 0.3) is 0 Å². The van der Waals surface area contributed by atoms with Gasteiger partial charge in [0, 0.05) is 5.92 Å². The van der Waals surface area contributed by atoms with E-state index in [-0.39, 0.29) is 11.7 Å². The first-order chi connectivity index (χ1) is 10.1. The number of hydrogen-bond acceptors (Lipinski definition) is 1. The third-order valence-electron chi connectivity index (χ3n) is 4.60. The summed E-state index contributed by atoms with van der Waals surface area (Å²) in [5.74, 6) is 0.442. The van der Waals surface area contributed by atoms with Crippen molar-refractivity contribution in [3.05, 3.63) is 77.4 Å². The normalized spacial score (nSPS) is 25.9. The zero-order valence-corrected chi connectivity index (χ0v) is 12.5. The number of rotatable bonds is 1. The number of ether oxygens (including phenoxy) is 1. The Bertz CT molecular complexity index is 697. The topological polar surface area (TPSA) is 9.23 Å². The highest BCUT2D eigenvalue weighted by molar-refractivity contribution is 5.76. The molecule has 1 heteroatoms. The van der Waals surface area contributed by atoms with Crippen molar-refractivity contribution in [2.45, 2.75) is 32.0 Å². The lowest BCUT2D eigenvalue weighted by Crippen LogP contribution is -2.33. The molecule has 0 fully saturated rings. The predicted octanol–water partition coefficient (Wildman–Crippen LogP) is 4.79. The fourth-order valence-corrected chi connectivity index (χ4v) is 3.74. The van der Waals surface area contributed by atoms with Crippen molar-refractivity contribution >= 4 is 5.57 Å². The number of hydrogen-bond donors (Lipinski definition) is 0. The first-order valence-electron chi connectivity index (χ1n) is 7.68. The summed E-state index contributed by atoms with van der Waals surface area (Å²) in [5, 5.41) is 0. The van der Waals surface area contributed by atoms with E-state index >= 15 is 0 Å². The van der Waals surface area contributed by atoms with Crippen LogP contribution < -0.4 is 0 Å². The van der Waals surface area contributed by atoms with Crippen molar-refractivity contribution in [3.63, 3.8) is 0 Å². The van der Waals surface area contributed by atoms with Crippen LogP contribution in [0.15, 0.2) is 60.7 Å². The second-order valence-electron chi connectivity index (χ2n) is 6.62. The van der Waals surface area contributed by atoms with E-state index in [9.17, 15) is 0 Å². The molecule has 0 radical (unpaired) electrons. The minimum atomic E-state index is -0.218. The molecule has 0 N–H and O–H groups in total. The van der Waals surface area contributed by atoms with E-state index in [4.69, 9.17) is 4.74 Å². The van der Waals surface area contributed by atoms with Crippen LogP contribution in [0.5, 0.6) is 0 Å². The zero-order chi connectivity index (χ0) is 14.4. The van der Waals surface area contributed by atoms with Gasteiger partial charge in [0.05, 0.1) is 11.7 Å². The van der Waals surface area contributed by atoms with Gasteiger partial charge in [-0.05, 0) is 48.6 Å². The smallest absolute Gasteiger partial charge is 0.0908 e. The Kier molecular flexibility index (Phi) is 2.80. The predicted molar refractivity (Wildman–Crippen MR) is 86.0 cm³/mol. The van der Waals surface area contributed by atoms with Crippen LogP contribution in [0.1, 0.15) is 36.6 Å². The summed E-state index contributed by atoms with van der Waals surface area (Å²) < 4.78 is 6.43. The molecule has 106 valence electrons. The fourth-order valence-electron chi connectivity index (χ4n) is 3.74. The van der Waals surface area contributed by atoms with Gasteiger partial charge < -0.3 is 4.74 Å². The molecule has 2 aromatic rings. The molecule has 0 saturated heterocycles. The molecule has 4 rings (SSSR count). The average Bonchev–Trinajstić information content (AvgIpc) is 2.85. The lowest BCUT2D eigenvalue weighted by molar-refractivity contribution is -0.0685. The summed E-state index contributed by atoms with van der Waals surface area (Å²) in [6.45, 7) is 4.32. The van der Waals surface area contributed by atoms with Gasteiger partial charge in [-0.2, -0.15) is 0 Å². The summed E-state index contributed by atoms with van der Waals surface area (Å²) >= 11 is 0. The molecule has 1 aliphatic carbocycles. The summed E-state index contributed by atoms with van der Waals surface area (Å²) in [6, 6.07) is 19.4. The van der Waals surface area contributed by atoms with Crippen LogP contribution in [0, 0.1) is 5.92 Å². The van der Waals surface area contributed by atoms with Gasteiger partial charge in [-0.25, -0.2) is 0 Å². The summed E-state index contributed by atoms with van der Waals surface area (Å²) in [6.07, 6.45) is 3.55. The molecule has 0 amide bonds. The molecule has 2 aromatic carbocycles. The number of benzene rings is 2. The van der Waals surface area contributed by atoms with E-state index < -0.39 is 0 Å². The molecule has 0 spiro atoms. The summed E-state index contributed by atoms with van der Waals surface area (Å²) in [5.41, 5.74) is 5.41. The van der Waals surface area contributed by atoms with Crippen LogP contribution in [0.3, 0.4) is 0 Å². The highest BCUT2D eigenvalue weighted by Crippen LogP contribution is 2.50. The van der Waals surface area contributed by atoms with Gasteiger partial charge in [-0.1, -0.05) is 54.6 Å². The van der Waals surface area contributed by atoms with Gasteiger partial charge in [0.2, 0.25) is 0 Å². The Labute approximate surface area is 126 Å². The largest absolute Gasteiger partial charge is 0.363 e. The highest BCUT2D eigenvalue weighted by atomic mass is 16.5. The Hall–Kier alpha value is -1.86. The fraction of sp³-hybridized carbons (Fsp3) is 0.300. The first-order valence-corrected chi connectivity index (χ1v) is 7.68. The van der Waals surface area contributed by atoms with Crippen LogP contribution in [0.2, 0.25) is 0 Å². The Morgan fingerprint density at radius 2 is 1.67 bits per heavy atom. The third kappa shape index (κ3) is 2.13. The molecule has 1 heterocycles. The Balaban J connectivity index is 1.83. The Morgan fingerprint density at radius 1 is 0.952 bits per heavy atom. The zero-order valence-electron chi connectivity index (χ0n) is 12.5. The molecular formula is C20H20O. The van der Waals surface area contributed by atoms with Crippen LogP contribution in [-0.2, 0) is 11.2 Å². The SMILES string of the molecule is CC1(C)C=C2c3ccccc3C[C@H]2[C@H](c2ccccc2)O1. The average molecular weight is 276 g/mol. The third-order valence-corrected chi connectivity index (χ3v) is 4.60. The quantitative estimate of drug-likeness (QED) is 0.727. The van der Waals surface area contributed by atoms with Crippen molar-refractivity contribution in [3.8, 4) is 0 Å². The monoisotopic (exact) mass is 276 g/mol. The Morgan fingerprint density at radius 3 is 2.48 bits per heavy atom. The van der Waals surface area contributed by atoms with Crippen molar-refractivity contribution < 1.29 is 4.74 Å². The highest BCUT2D eigenvalue weighted by Gasteiger charge is 2.41. The lowest BCUT2D eigenvalue weighted by atomic mass is 9.83. The van der Waals surface area contributed by atoms with Crippen molar-refractivity contribution in [1.29, 1.82) is 0 Å². The molecule has 1 aliphatic heterocycles. The van der Waals surface area contributed by atoms with Crippen LogP contribution in [0.4, 0.5) is 0 Å². The molecule has 2 atom stereocenters. The maximum Gasteiger partial charge on any atom is 0.0908 e. The first kappa shape index (κ1) is 12.8. The molecule has 0 saturated carbocycles. The van der Waals surface area contributed by atoms with Crippen LogP contribution in [-0.4, -0.2) is 5.60 Å². The van der Waals surface area contributed by atoms with E-state index in [1.165, 1.54) is 22.3 Å². The van der Waals surface area contributed by atoms with E-state index in [0.29, 0.717) is 5.92 Å². The van der Waals surface area contributed by atoms with Gasteiger partial charge in [0.15, 0.2) is 0 Å². The van der Waals surface area contributed by atoms with E-state index in [2.05, 4.69) is 74.5 Å². The van der Waals surface area contributed by atoms with Gasteiger partial charge in [-0.15, -0.1) is 0 Å². The second-order valence-corrected chi connectivity index (χ2v) is 6.62. The minimum absolute atomic E-state index is 0.147. The van der Waals surface area contributed by atoms with Crippen molar-refractivity contribution in [2.75, 3.05) is 0 Å². The van der Waals surface area contributed by atoms with Crippen molar-refractivity contribution in [2.24, 2.45) is 5.92 Å². The van der Waals surface area contributed by atoms with Gasteiger partial charge in [0.1, 0.15) is 0 Å². The summed E-state index contributed by atoms with van der Waals surface area (Å²) in [7, 11) is 0. The van der Waals surface area contributed by atoms with E-state index in [1.54, 1.807) is 0 Å². The van der Waals surface area contributed by atoms with E-state index in [0.717, 1.165) is 6.42 Å². The molecular weight excluding hydrogens is 256 g/mol.